The predicted octanol–water partition coefficient (Wildman–Crippen LogP) is 3.84. The number of thioether (sulfide) groups is 1. The van der Waals surface area contributed by atoms with Crippen LogP contribution in [0.5, 0.6) is 0 Å². The van der Waals surface area contributed by atoms with Gasteiger partial charge in [-0.1, -0.05) is 30.3 Å². The third kappa shape index (κ3) is 2.86. The molecule has 0 aromatic heterocycles. The summed E-state index contributed by atoms with van der Waals surface area (Å²) in [4.78, 5) is 36.3. The Bertz CT molecular complexity index is 833. The first-order valence-corrected chi connectivity index (χ1v) is 7.46. The molecule has 1 fully saturated rings. The number of rotatable bonds is 3. The molecule has 1 saturated heterocycles. The molecule has 2 aromatic rings. The van der Waals surface area contributed by atoms with Gasteiger partial charge in [0.2, 0.25) is 0 Å². The molecule has 114 valence electrons. The summed E-state index contributed by atoms with van der Waals surface area (Å²) < 4.78 is 0. The number of carbonyl (C=O) groups excluding carboxylic acids is 2. The van der Waals surface area contributed by atoms with Crippen LogP contribution in [0.4, 0.5) is 16.2 Å². The molecule has 1 aliphatic heterocycles. The van der Waals surface area contributed by atoms with Crippen molar-refractivity contribution in [1.29, 1.82) is 0 Å². The standard InChI is InChI=1S/C16H10N2O4S/c19-15-14(10-11-6-4-5-9-13(11)18(21)22)23-16(20)17(15)12-7-2-1-3-8-12/h1-10H/b14-10+. The summed E-state index contributed by atoms with van der Waals surface area (Å²) in [5.41, 5.74) is 0.649. The topological polar surface area (TPSA) is 80.5 Å². The number of carbonyl (C=O) groups is 2. The van der Waals surface area contributed by atoms with Crippen molar-refractivity contribution in [2.24, 2.45) is 0 Å². The maximum atomic E-state index is 12.4. The maximum absolute atomic E-state index is 12.4. The lowest BCUT2D eigenvalue weighted by molar-refractivity contribution is -0.385. The summed E-state index contributed by atoms with van der Waals surface area (Å²) in [6.45, 7) is 0. The van der Waals surface area contributed by atoms with Crippen LogP contribution in [-0.4, -0.2) is 16.1 Å². The Balaban J connectivity index is 1.99. The molecule has 0 unspecified atom stereocenters. The van der Waals surface area contributed by atoms with Gasteiger partial charge in [0.15, 0.2) is 0 Å². The molecule has 6 nitrogen and oxygen atoms in total. The van der Waals surface area contributed by atoms with E-state index in [4.69, 9.17) is 0 Å². The summed E-state index contributed by atoms with van der Waals surface area (Å²) in [5.74, 6) is -0.482. The molecule has 7 heteroatoms. The first-order chi connectivity index (χ1) is 11.1. The first kappa shape index (κ1) is 15.0. The van der Waals surface area contributed by atoms with E-state index < -0.39 is 16.1 Å². The van der Waals surface area contributed by atoms with Gasteiger partial charge >= 0.3 is 0 Å². The van der Waals surface area contributed by atoms with E-state index in [-0.39, 0.29) is 16.2 Å². The van der Waals surface area contributed by atoms with Crippen LogP contribution in [0.2, 0.25) is 0 Å². The number of anilines is 1. The molecule has 2 amide bonds. The molecule has 1 aliphatic rings. The minimum atomic E-state index is -0.521. The fourth-order valence-electron chi connectivity index (χ4n) is 2.18. The largest absolute Gasteiger partial charge is 0.298 e. The van der Waals surface area contributed by atoms with Crippen molar-refractivity contribution in [2.45, 2.75) is 0 Å². The Morgan fingerprint density at radius 1 is 1.00 bits per heavy atom. The SMILES string of the molecule is O=C1S/C(=C/c2ccccc2[N+](=O)[O-])C(=O)N1c1ccccc1. The molecular weight excluding hydrogens is 316 g/mol. The second-order valence-corrected chi connectivity index (χ2v) is 5.66. The summed E-state index contributed by atoms with van der Waals surface area (Å²) in [6.07, 6.45) is 1.38. The van der Waals surface area contributed by atoms with Gasteiger partial charge in [0.05, 0.1) is 21.1 Å². The zero-order chi connectivity index (χ0) is 16.4. The van der Waals surface area contributed by atoms with Crippen molar-refractivity contribution in [1.82, 2.24) is 0 Å². The average Bonchev–Trinajstić information content (AvgIpc) is 2.82. The van der Waals surface area contributed by atoms with Crippen molar-refractivity contribution in [3.63, 3.8) is 0 Å². The number of hydrogen-bond donors (Lipinski definition) is 0. The van der Waals surface area contributed by atoms with Crippen LogP contribution in [0.3, 0.4) is 0 Å². The summed E-state index contributed by atoms with van der Waals surface area (Å²) in [7, 11) is 0. The van der Waals surface area contributed by atoms with Gasteiger partial charge in [-0.2, -0.15) is 0 Å². The third-order valence-corrected chi connectivity index (χ3v) is 4.10. The zero-order valence-corrected chi connectivity index (χ0v) is 12.5. The number of amides is 2. The van der Waals surface area contributed by atoms with Crippen LogP contribution >= 0.6 is 11.8 Å². The van der Waals surface area contributed by atoms with E-state index in [1.54, 1.807) is 42.5 Å². The quantitative estimate of drug-likeness (QED) is 0.486. The van der Waals surface area contributed by atoms with E-state index in [1.165, 1.54) is 18.2 Å². The Morgan fingerprint density at radius 3 is 2.35 bits per heavy atom. The van der Waals surface area contributed by atoms with Gasteiger partial charge in [0.25, 0.3) is 16.8 Å². The number of benzene rings is 2. The van der Waals surface area contributed by atoms with Crippen molar-refractivity contribution in [3.05, 3.63) is 75.2 Å². The fourth-order valence-corrected chi connectivity index (χ4v) is 3.02. The molecule has 0 radical (unpaired) electrons. The van der Waals surface area contributed by atoms with E-state index >= 15 is 0 Å². The normalized spacial score (nSPS) is 16.2. The van der Waals surface area contributed by atoms with Crippen LogP contribution < -0.4 is 4.90 Å². The lowest BCUT2D eigenvalue weighted by Crippen LogP contribution is -2.27. The molecule has 0 aliphatic carbocycles. The predicted molar refractivity (Wildman–Crippen MR) is 88.0 cm³/mol. The van der Waals surface area contributed by atoms with Gasteiger partial charge in [-0.25, -0.2) is 4.90 Å². The monoisotopic (exact) mass is 326 g/mol. The third-order valence-electron chi connectivity index (χ3n) is 3.23. The molecule has 23 heavy (non-hydrogen) atoms. The number of nitrogens with zero attached hydrogens (tertiary/aromatic N) is 2. The Labute approximate surface area is 135 Å². The molecule has 0 N–H and O–H groups in total. The Hall–Kier alpha value is -2.93. The zero-order valence-electron chi connectivity index (χ0n) is 11.7. The highest BCUT2D eigenvalue weighted by atomic mass is 32.2. The lowest BCUT2D eigenvalue weighted by Gasteiger charge is -2.11. The molecule has 2 aromatic carbocycles. The van der Waals surface area contributed by atoms with E-state index in [9.17, 15) is 19.7 Å². The summed E-state index contributed by atoms with van der Waals surface area (Å²) in [6, 6.07) is 14.6. The smallest absolute Gasteiger partial charge is 0.268 e. The highest BCUT2D eigenvalue weighted by Gasteiger charge is 2.36. The van der Waals surface area contributed by atoms with Crippen LogP contribution in [0, 0.1) is 10.1 Å². The average molecular weight is 326 g/mol. The van der Waals surface area contributed by atoms with Crippen LogP contribution in [0.1, 0.15) is 5.56 Å². The molecule has 1 heterocycles. The van der Waals surface area contributed by atoms with Crippen molar-refractivity contribution in [2.75, 3.05) is 4.90 Å². The fraction of sp³-hybridized carbons (Fsp3) is 0. The number of nitro groups is 1. The van der Waals surface area contributed by atoms with E-state index in [2.05, 4.69) is 0 Å². The van der Waals surface area contributed by atoms with Gasteiger partial charge in [-0.3, -0.25) is 19.7 Å². The Kier molecular flexibility index (Phi) is 3.94. The van der Waals surface area contributed by atoms with E-state index in [0.29, 0.717) is 5.69 Å². The number of para-hydroxylation sites is 2. The maximum Gasteiger partial charge on any atom is 0.298 e. The second kappa shape index (κ2) is 6.05. The number of nitro benzene ring substituents is 1. The van der Waals surface area contributed by atoms with Crippen molar-refractivity contribution >= 4 is 40.4 Å². The summed E-state index contributed by atoms with van der Waals surface area (Å²) in [5, 5.41) is 10.6. The van der Waals surface area contributed by atoms with E-state index in [1.807, 2.05) is 0 Å². The molecule has 0 bridgehead atoms. The van der Waals surface area contributed by atoms with Crippen molar-refractivity contribution < 1.29 is 14.5 Å². The van der Waals surface area contributed by atoms with Crippen LogP contribution in [0.25, 0.3) is 6.08 Å². The first-order valence-electron chi connectivity index (χ1n) is 6.64. The molecular formula is C16H10N2O4S. The van der Waals surface area contributed by atoms with E-state index in [0.717, 1.165) is 16.7 Å². The van der Waals surface area contributed by atoms with Crippen LogP contribution in [0.15, 0.2) is 59.5 Å². The molecule has 0 atom stereocenters. The van der Waals surface area contributed by atoms with Gasteiger partial charge < -0.3 is 0 Å². The number of hydrogen-bond acceptors (Lipinski definition) is 5. The molecule has 0 spiro atoms. The number of imide groups is 1. The van der Waals surface area contributed by atoms with Crippen LogP contribution in [-0.2, 0) is 4.79 Å². The van der Waals surface area contributed by atoms with Gasteiger partial charge in [-0.15, -0.1) is 0 Å². The molecule has 0 saturated carbocycles. The Morgan fingerprint density at radius 2 is 1.65 bits per heavy atom. The van der Waals surface area contributed by atoms with Gasteiger partial charge in [0, 0.05) is 6.07 Å². The highest BCUT2D eigenvalue weighted by molar-refractivity contribution is 8.19. The summed E-state index contributed by atoms with van der Waals surface area (Å²) >= 11 is 0.768. The van der Waals surface area contributed by atoms with Gasteiger partial charge in [-0.05, 0) is 36.0 Å². The van der Waals surface area contributed by atoms with Gasteiger partial charge in [0.1, 0.15) is 0 Å². The second-order valence-electron chi connectivity index (χ2n) is 4.67. The highest BCUT2D eigenvalue weighted by Crippen LogP contribution is 2.36. The minimum absolute atomic E-state index is 0.112. The molecule has 3 rings (SSSR count). The minimum Gasteiger partial charge on any atom is -0.268 e. The van der Waals surface area contributed by atoms with Crippen molar-refractivity contribution in [3.8, 4) is 0 Å². The lowest BCUT2D eigenvalue weighted by atomic mass is 10.1.